The highest BCUT2D eigenvalue weighted by Crippen LogP contribution is 2.27. The number of halogens is 3. The summed E-state index contributed by atoms with van der Waals surface area (Å²) in [6.45, 7) is -0.530. The van der Waals surface area contributed by atoms with Crippen molar-refractivity contribution in [2.75, 3.05) is 6.61 Å². The minimum Gasteiger partial charge on any atom is -0.493 e. The molecule has 8 heteroatoms. The van der Waals surface area contributed by atoms with Crippen molar-refractivity contribution in [3.05, 3.63) is 36.2 Å². The summed E-state index contributed by atoms with van der Waals surface area (Å²) in [5.74, 6) is -0.536. The third-order valence-corrected chi connectivity index (χ3v) is 2.88. The SMILES string of the molecule is Cn1cc(-c2cc(OCCC(F)(F)F)cc(C(N)=O)c2)cn1. The highest BCUT2D eigenvalue weighted by molar-refractivity contribution is 5.94. The first-order valence-corrected chi connectivity index (χ1v) is 6.38. The molecular formula is C14H14F3N3O2. The minimum absolute atomic E-state index is 0.152. The lowest BCUT2D eigenvalue weighted by molar-refractivity contribution is -0.139. The smallest absolute Gasteiger partial charge is 0.392 e. The van der Waals surface area contributed by atoms with E-state index in [0.717, 1.165) is 0 Å². The van der Waals surface area contributed by atoms with E-state index in [1.165, 1.54) is 12.1 Å². The Morgan fingerprint density at radius 3 is 2.59 bits per heavy atom. The van der Waals surface area contributed by atoms with E-state index in [1.54, 1.807) is 30.2 Å². The summed E-state index contributed by atoms with van der Waals surface area (Å²) in [7, 11) is 1.72. The van der Waals surface area contributed by atoms with Gasteiger partial charge in [-0.05, 0) is 23.8 Å². The van der Waals surface area contributed by atoms with Crippen LogP contribution in [-0.2, 0) is 7.05 Å². The molecule has 0 saturated carbocycles. The molecule has 0 fully saturated rings. The standard InChI is InChI=1S/C14H14F3N3O2/c1-20-8-11(7-19-20)9-4-10(13(18)21)6-12(5-9)22-3-2-14(15,16)17/h4-8H,2-3H2,1H3,(H2,18,21). The molecule has 0 atom stereocenters. The number of rotatable bonds is 5. The number of nitrogens with two attached hydrogens (primary N) is 1. The molecule has 22 heavy (non-hydrogen) atoms. The van der Waals surface area contributed by atoms with Crippen LogP contribution in [-0.4, -0.2) is 28.5 Å². The Balaban J connectivity index is 2.26. The third kappa shape index (κ3) is 4.24. The molecule has 0 bridgehead atoms. The van der Waals surface area contributed by atoms with Gasteiger partial charge in [0.25, 0.3) is 0 Å². The summed E-state index contributed by atoms with van der Waals surface area (Å²) in [4.78, 5) is 11.3. The number of hydrogen-bond donors (Lipinski definition) is 1. The van der Waals surface area contributed by atoms with Crippen LogP contribution in [0.2, 0.25) is 0 Å². The van der Waals surface area contributed by atoms with Crippen LogP contribution in [0.3, 0.4) is 0 Å². The van der Waals surface area contributed by atoms with Crippen LogP contribution < -0.4 is 10.5 Å². The molecule has 1 heterocycles. The molecule has 2 rings (SSSR count). The van der Waals surface area contributed by atoms with E-state index in [9.17, 15) is 18.0 Å². The fourth-order valence-electron chi connectivity index (χ4n) is 1.85. The lowest BCUT2D eigenvalue weighted by Crippen LogP contribution is -2.14. The van der Waals surface area contributed by atoms with Crippen LogP contribution in [0.15, 0.2) is 30.6 Å². The predicted molar refractivity (Wildman–Crippen MR) is 73.3 cm³/mol. The average molecular weight is 313 g/mol. The molecule has 1 amide bonds. The maximum Gasteiger partial charge on any atom is 0.392 e. The lowest BCUT2D eigenvalue weighted by Gasteiger charge is -2.11. The number of alkyl halides is 3. The highest BCUT2D eigenvalue weighted by Gasteiger charge is 2.26. The van der Waals surface area contributed by atoms with E-state index in [1.807, 2.05) is 0 Å². The van der Waals surface area contributed by atoms with E-state index in [-0.39, 0.29) is 11.3 Å². The molecule has 0 aliphatic rings. The largest absolute Gasteiger partial charge is 0.493 e. The van der Waals surface area contributed by atoms with Gasteiger partial charge in [0.1, 0.15) is 5.75 Å². The van der Waals surface area contributed by atoms with Crippen LogP contribution in [0.4, 0.5) is 13.2 Å². The number of hydrogen-bond acceptors (Lipinski definition) is 3. The van der Waals surface area contributed by atoms with E-state index < -0.39 is 25.1 Å². The molecule has 5 nitrogen and oxygen atoms in total. The summed E-state index contributed by atoms with van der Waals surface area (Å²) in [5.41, 5.74) is 6.68. The predicted octanol–water partition coefficient (Wildman–Crippen LogP) is 2.52. The van der Waals surface area contributed by atoms with Crippen molar-refractivity contribution in [2.24, 2.45) is 12.8 Å². The minimum atomic E-state index is -4.30. The molecule has 1 aromatic carbocycles. The Kier molecular flexibility index (Phi) is 4.39. The zero-order chi connectivity index (χ0) is 16.3. The van der Waals surface area contributed by atoms with Crippen LogP contribution >= 0.6 is 0 Å². The van der Waals surface area contributed by atoms with Crippen LogP contribution in [0, 0.1) is 0 Å². The van der Waals surface area contributed by atoms with Crippen molar-refractivity contribution in [3.8, 4) is 16.9 Å². The van der Waals surface area contributed by atoms with Crippen molar-refractivity contribution >= 4 is 5.91 Å². The lowest BCUT2D eigenvalue weighted by atomic mass is 10.1. The van der Waals surface area contributed by atoms with Crippen LogP contribution in [0.1, 0.15) is 16.8 Å². The van der Waals surface area contributed by atoms with Gasteiger partial charge in [0.05, 0.1) is 19.2 Å². The topological polar surface area (TPSA) is 70.1 Å². The Hall–Kier alpha value is -2.51. The Bertz CT molecular complexity index is 680. The normalized spacial score (nSPS) is 11.5. The van der Waals surface area contributed by atoms with Crippen molar-refractivity contribution in [1.82, 2.24) is 9.78 Å². The third-order valence-electron chi connectivity index (χ3n) is 2.88. The first-order chi connectivity index (χ1) is 10.2. The van der Waals surface area contributed by atoms with Crippen LogP contribution in [0.5, 0.6) is 5.75 Å². The second-order valence-electron chi connectivity index (χ2n) is 4.73. The molecular weight excluding hydrogens is 299 g/mol. The molecule has 2 N–H and O–H groups in total. The summed E-state index contributed by atoms with van der Waals surface area (Å²) >= 11 is 0. The maximum atomic E-state index is 12.1. The number of aromatic nitrogens is 2. The van der Waals surface area contributed by atoms with Gasteiger partial charge >= 0.3 is 6.18 Å². The molecule has 0 aliphatic carbocycles. The summed E-state index contributed by atoms with van der Waals surface area (Å²) in [6, 6.07) is 4.40. The summed E-state index contributed by atoms with van der Waals surface area (Å²) < 4.78 is 43.1. The van der Waals surface area contributed by atoms with Crippen molar-refractivity contribution in [1.29, 1.82) is 0 Å². The Labute approximate surface area is 124 Å². The van der Waals surface area contributed by atoms with Gasteiger partial charge in [-0.2, -0.15) is 18.3 Å². The van der Waals surface area contributed by atoms with Crippen molar-refractivity contribution < 1.29 is 22.7 Å². The van der Waals surface area contributed by atoms with Crippen LogP contribution in [0.25, 0.3) is 11.1 Å². The van der Waals surface area contributed by atoms with Gasteiger partial charge < -0.3 is 10.5 Å². The number of amides is 1. The number of benzene rings is 1. The molecule has 0 radical (unpaired) electrons. The van der Waals surface area contributed by atoms with Gasteiger partial charge in [-0.15, -0.1) is 0 Å². The van der Waals surface area contributed by atoms with Gasteiger partial charge in [-0.25, -0.2) is 0 Å². The molecule has 0 saturated heterocycles. The molecule has 1 aromatic heterocycles. The number of aryl methyl sites for hydroxylation is 1. The number of carbonyl (C=O) groups is 1. The van der Waals surface area contributed by atoms with E-state index >= 15 is 0 Å². The first-order valence-electron chi connectivity index (χ1n) is 6.38. The van der Waals surface area contributed by atoms with E-state index in [4.69, 9.17) is 10.5 Å². The van der Waals surface area contributed by atoms with E-state index in [0.29, 0.717) is 11.1 Å². The fourth-order valence-corrected chi connectivity index (χ4v) is 1.85. The number of nitrogens with zero attached hydrogens (tertiary/aromatic N) is 2. The van der Waals surface area contributed by atoms with Crippen molar-refractivity contribution in [3.63, 3.8) is 0 Å². The maximum absolute atomic E-state index is 12.1. The van der Waals surface area contributed by atoms with Gasteiger partial charge in [-0.1, -0.05) is 0 Å². The second kappa shape index (κ2) is 6.08. The highest BCUT2D eigenvalue weighted by atomic mass is 19.4. The molecule has 0 aliphatic heterocycles. The van der Waals surface area contributed by atoms with Gasteiger partial charge in [0.15, 0.2) is 0 Å². The quantitative estimate of drug-likeness (QED) is 0.922. The number of ether oxygens (including phenoxy) is 1. The summed E-state index contributed by atoms with van der Waals surface area (Å²) in [5, 5.41) is 4.00. The zero-order valence-corrected chi connectivity index (χ0v) is 11.7. The fraction of sp³-hybridized carbons (Fsp3) is 0.286. The zero-order valence-electron chi connectivity index (χ0n) is 11.7. The Morgan fingerprint density at radius 2 is 2.05 bits per heavy atom. The first kappa shape index (κ1) is 15.9. The average Bonchev–Trinajstić information content (AvgIpc) is 2.83. The van der Waals surface area contributed by atoms with Gasteiger partial charge in [0.2, 0.25) is 5.91 Å². The van der Waals surface area contributed by atoms with E-state index in [2.05, 4.69) is 5.10 Å². The van der Waals surface area contributed by atoms with Gasteiger partial charge in [-0.3, -0.25) is 9.48 Å². The molecule has 2 aromatic rings. The van der Waals surface area contributed by atoms with Crippen molar-refractivity contribution in [2.45, 2.75) is 12.6 Å². The second-order valence-corrected chi connectivity index (χ2v) is 4.73. The van der Waals surface area contributed by atoms with Gasteiger partial charge in [0, 0.05) is 24.4 Å². The molecule has 0 unspecified atom stereocenters. The molecule has 118 valence electrons. The monoisotopic (exact) mass is 313 g/mol. The molecule has 0 spiro atoms. The summed E-state index contributed by atoms with van der Waals surface area (Å²) in [6.07, 6.45) is -2.09. The number of primary amides is 1. The number of carbonyl (C=O) groups excluding carboxylic acids is 1. The Morgan fingerprint density at radius 1 is 1.32 bits per heavy atom.